The van der Waals surface area contributed by atoms with Crippen molar-refractivity contribution in [3.8, 4) is 0 Å². The van der Waals surface area contributed by atoms with Gasteiger partial charge >= 0.3 is 0 Å². The number of morpholine rings is 1. The summed E-state index contributed by atoms with van der Waals surface area (Å²) in [5, 5.41) is 0. The molecule has 6 nitrogen and oxygen atoms in total. The predicted octanol–water partition coefficient (Wildman–Crippen LogP) is 3.33. The van der Waals surface area contributed by atoms with Gasteiger partial charge in [-0.1, -0.05) is 12.1 Å². The maximum absolute atomic E-state index is 13.4. The average Bonchev–Trinajstić information content (AvgIpc) is 3.29. The van der Waals surface area contributed by atoms with Crippen molar-refractivity contribution in [3.05, 3.63) is 65.2 Å². The molecule has 2 aliphatic rings. The molecule has 2 amide bonds. The molecule has 0 N–H and O–H groups in total. The minimum atomic E-state index is -0.775. The van der Waals surface area contributed by atoms with E-state index in [1.165, 1.54) is 12.1 Å². The topological polar surface area (TPSA) is 62.7 Å². The summed E-state index contributed by atoms with van der Waals surface area (Å²) in [6.07, 6.45) is 3.33. The number of halogens is 1. The van der Waals surface area contributed by atoms with E-state index in [9.17, 15) is 14.0 Å². The van der Waals surface area contributed by atoms with E-state index >= 15 is 0 Å². The lowest BCUT2D eigenvalue weighted by molar-refractivity contribution is -0.137. The summed E-state index contributed by atoms with van der Waals surface area (Å²) in [5.74, 6) is -0.363. The van der Waals surface area contributed by atoms with Crippen molar-refractivity contribution < 1.29 is 18.7 Å². The molecule has 2 saturated heterocycles. The lowest BCUT2D eigenvalue weighted by Crippen LogP contribution is -2.43. The fraction of sp³-hybridized carbons (Fsp3) is 0.458. The molecule has 0 spiro atoms. The van der Waals surface area contributed by atoms with Crippen LogP contribution in [0.1, 0.15) is 54.3 Å². The van der Waals surface area contributed by atoms with Crippen molar-refractivity contribution >= 4 is 11.8 Å². The molecule has 2 aromatic rings. The van der Waals surface area contributed by atoms with E-state index in [4.69, 9.17) is 4.74 Å². The number of carbonyl (C=O) groups excluding carboxylic acids is 2. The van der Waals surface area contributed by atoms with Gasteiger partial charge in [0.2, 0.25) is 5.91 Å². The SMILES string of the molecule is CC(C)(C(=O)N1CCCC1c1ccc(C(=O)N2CCOCC2)cn1)c1ccc(F)cc1. The van der Waals surface area contributed by atoms with Crippen molar-refractivity contribution in [2.45, 2.75) is 38.1 Å². The van der Waals surface area contributed by atoms with Crippen LogP contribution in [0.2, 0.25) is 0 Å². The summed E-state index contributed by atoms with van der Waals surface area (Å²) in [6.45, 7) is 6.68. The van der Waals surface area contributed by atoms with Crippen LogP contribution >= 0.6 is 0 Å². The van der Waals surface area contributed by atoms with Gasteiger partial charge in [0.25, 0.3) is 5.91 Å². The molecule has 3 heterocycles. The molecule has 0 radical (unpaired) electrons. The Bertz CT molecular complexity index is 938. The molecule has 0 aliphatic carbocycles. The Morgan fingerprint density at radius 3 is 2.42 bits per heavy atom. The van der Waals surface area contributed by atoms with E-state index in [2.05, 4.69) is 4.98 Å². The van der Waals surface area contributed by atoms with Crippen LogP contribution in [0.3, 0.4) is 0 Å². The standard InChI is InChI=1S/C24H28FN3O3/c1-24(2,18-6-8-19(25)9-7-18)23(30)28-11-3-4-21(28)20-10-5-17(16-26-20)22(29)27-12-14-31-15-13-27/h5-10,16,21H,3-4,11-15H2,1-2H3. The van der Waals surface area contributed by atoms with Crippen LogP contribution in [-0.2, 0) is 14.9 Å². The van der Waals surface area contributed by atoms with Crippen molar-refractivity contribution in [2.24, 2.45) is 0 Å². The van der Waals surface area contributed by atoms with Crippen molar-refractivity contribution in [2.75, 3.05) is 32.8 Å². The van der Waals surface area contributed by atoms with Crippen LogP contribution < -0.4 is 0 Å². The molecule has 2 fully saturated rings. The molecule has 31 heavy (non-hydrogen) atoms. The van der Waals surface area contributed by atoms with E-state index in [1.54, 1.807) is 29.3 Å². The second-order valence-corrected chi connectivity index (χ2v) is 8.66. The van der Waals surface area contributed by atoms with E-state index in [0.29, 0.717) is 38.4 Å². The Labute approximate surface area is 182 Å². The number of ether oxygens (including phenoxy) is 1. The van der Waals surface area contributed by atoms with E-state index in [1.807, 2.05) is 24.8 Å². The van der Waals surface area contributed by atoms with Crippen LogP contribution in [0.4, 0.5) is 4.39 Å². The number of carbonyl (C=O) groups is 2. The minimum absolute atomic E-state index is 0.00289. The molecule has 7 heteroatoms. The highest BCUT2D eigenvalue weighted by atomic mass is 19.1. The number of nitrogens with zero attached hydrogens (tertiary/aromatic N) is 3. The fourth-order valence-corrected chi connectivity index (χ4v) is 4.34. The van der Waals surface area contributed by atoms with Crippen molar-refractivity contribution in [3.63, 3.8) is 0 Å². The second kappa shape index (κ2) is 8.75. The Hall–Kier alpha value is -2.80. The Kier molecular flexibility index (Phi) is 6.05. The van der Waals surface area contributed by atoms with Crippen LogP contribution in [-0.4, -0.2) is 59.4 Å². The van der Waals surface area contributed by atoms with Gasteiger partial charge in [0.05, 0.1) is 35.9 Å². The van der Waals surface area contributed by atoms with Gasteiger partial charge in [-0.3, -0.25) is 14.6 Å². The Balaban J connectivity index is 1.50. The molecule has 0 bridgehead atoms. The molecule has 1 aromatic carbocycles. The highest BCUT2D eigenvalue weighted by molar-refractivity contribution is 5.94. The molecular formula is C24H28FN3O3. The van der Waals surface area contributed by atoms with E-state index in [-0.39, 0.29) is 23.7 Å². The van der Waals surface area contributed by atoms with E-state index < -0.39 is 5.41 Å². The summed E-state index contributed by atoms with van der Waals surface area (Å²) in [5.41, 5.74) is 1.35. The normalized spacial score (nSPS) is 19.5. The number of likely N-dealkylation sites (tertiary alicyclic amines) is 1. The van der Waals surface area contributed by atoms with Gasteiger partial charge in [-0.05, 0) is 56.5 Å². The van der Waals surface area contributed by atoms with Crippen LogP contribution in [0.5, 0.6) is 0 Å². The number of rotatable bonds is 4. The van der Waals surface area contributed by atoms with Gasteiger partial charge in [-0.25, -0.2) is 4.39 Å². The third-order valence-electron chi connectivity index (χ3n) is 6.29. The van der Waals surface area contributed by atoms with Gasteiger partial charge in [0, 0.05) is 25.8 Å². The van der Waals surface area contributed by atoms with Gasteiger partial charge < -0.3 is 14.5 Å². The average molecular weight is 426 g/mol. The molecule has 164 valence electrons. The summed E-state index contributed by atoms with van der Waals surface area (Å²) < 4.78 is 18.6. The highest BCUT2D eigenvalue weighted by Gasteiger charge is 2.39. The van der Waals surface area contributed by atoms with Crippen molar-refractivity contribution in [1.82, 2.24) is 14.8 Å². The third-order valence-corrected chi connectivity index (χ3v) is 6.29. The lowest BCUT2D eigenvalue weighted by atomic mass is 9.83. The summed E-state index contributed by atoms with van der Waals surface area (Å²) in [6, 6.07) is 9.64. The maximum atomic E-state index is 13.4. The zero-order chi connectivity index (χ0) is 22.0. The molecule has 4 rings (SSSR count). The number of pyridine rings is 1. The van der Waals surface area contributed by atoms with Crippen LogP contribution in [0, 0.1) is 5.82 Å². The first-order valence-corrected chi connectivity index (χ1v) is 10.8. The molecular weight excluding hydrogens is 397 g/mol. The van der Waals surface area contributed by atoms with Gasteiger partial charge in [-0.15, -0.1) is 0 Å². The molecule has 0 saturated carbocycles. The van der Waals surface area contributed by atoms with Gasteiger partial charge in [0.1, 0.15) is 5.82 Å². The van der Waals surface area contributed by atoms with Crippen LogP contribution in [0.25, 0.3) is 0 Å². The molecule has 1 atom stereocenters. The summed E-state index contributed by atoms with van der Waals surface area (Å²) >= 11 is 0. The van der Waals surface area contributed by atoms with E-state index in [0.717, 1.165) is 24.1 Å². The van der Waals surface area contributed by atoms with Gasteiger partial charge in [-0.2, -0.15) is 0 Å². The van der Waals surface area contributed by atoms with Crippen LogP contribution in [0.15, 0.2) is 42.6 Å². The summed E-state index contributed by atoms with van der Waals surface area (Å²) in [4.78, 5) is 34.3. The first-order chi connectivity index (χ1) is 14.9. The molecule has 1 aromatic heterocycles. The number of amides is 2. The lowest BCUT2D eigenvalue weighted by Gasteiger charge is -2.33. The minimum Gasteiger partial charge on any atom is -0.378 e. The second-order valence-electron chi connectivity index (χ2n) is 8.66. The maximum Gasteiger partial charge on any atom is 0.255 e. The highest BCUT2D eigenvalue weighted by Crippen LogP contribution is 2.36. The zero-order valence-electron chi connectivity index (χ0n) is 18.0. The first-order valence-electron chi connectivity index (χ1n) is 10.8. The number of hydrogen-bond donors (Lipinski definition) is 0. The largest absolute Gasteiger partial charge is 0.378 e. The van der Waals surface area contributed by atoms with Crippen molar-refractivity contribution in [1.29, 1.82) is 0 Å². The van der Waals surface area contributed by atoms with Gasteiger partial charge in [0.15, 0.2) is 0 Å². The number of benzene rings is 1. The quantitative estimate of drug-likeness (QED) is 0.754. The summed E-state index contributed by atoms with van der Waals surface area (Å²) in [7, 11) is 0. The number of aromatic nitrogens is 1. The Morgan fingerprint density at radius 2 is 1.77 bits per heavy atom. The monoisotopic (exact) mass is 425 g/mol. The fourth-order valence-electron chi connectivity index (χ4n) is 4.34. The molecule has 2 aliphatic heterocycles. The molecule has 1 unspecified atom stereocenters. The first kappa shape index (κ1) is 21.4. The zero-order valence-corrected chi connectivity index (χ0v) is 18.0. The third kappa shape index (κ3) is 4.32. The smallest absolute Gasteiger partial charge is 0.255 e. The Morgan fingerprint density at radius 1 is 1.06 bits per heavy atom. The number of hydrogen-bond acceptors (Lipinski definition) is 4. The predicted molar refractivity (Wildman–Crippen MR) is 114 cm³/mol.